The fraction of sp³-hybridized carbons (Fsp3) is 0. The monoisotopic (exact) mass is 890 g/mol. The number of aromatic nitrogens is 1. The molecule has 12 aromatic carbocycles. The third-order valence-corrected chi connectivity index (χ3v) is 14.0. The van der Waals surface area contributed by atoms with Gasteiger partial charge in [-0.25, -0.2) is 0 Å². The van der Waals surface area contributed by atoms with Crippen LogP contribution in [0.15, 0.2) is 279 Å². The second kappa shape index (κ2) is 17.4. The first kappa shape index (κ1) is 41.0. The first-order valence-corrected chi connectivity index (χ1v) is 24.1. The summed E-state index contributed by atoms with van der Waals surface area (Å²) in [6, 6.07) is 102. The minimum absolute atomic E-state index is 1.08. The van der Waals surface area contributed by atoms with E-state index in [4.69, 9.17) is 0 Å². The van der Waals surface area contributed by atoms with Crippen molar-refractivity contribution in [3.63, 3.8) is 0 Å². The van der Waals surface area contributed by atoms with Crippen molar-refractivity contribution in [2.24, 2.45) is 0 Å². The van der Waals surface area contributed by atoms with Gasteiger partial charge in [0.1, 0.15) is 0 Å². The summed E-state index contributed by atoms with van der Waals surface area (Å²) in [5.41, 5.74) is 18.6. The number of fused-ring (bicyclic) bond motifs is 6. The molecule has 0 saturated heterocycles. The Morgan fingerprint density at radius 3 is 1.51 bits per heavy atom. The second-order valence-corrected chi connectivity index (χ2v) is 18.1. The lowest BCUT2D eigenvalue weighted by molar-refractivity contribution is 1.18. The number of para-hydroxylation sites is 2. The molecule has 0 fully saturated rings. The van der Waals surface area contributed by atoms with Gasteiger partial charge in [-0.1, -0.05) is 224 Å². The van der Waals surface area contributed by atoms with Crippen LogP contribution in [0.2, 0.25) is 0 Å². The van der Waals surface area contributed by atoms with E-state index in [9.17, 15) is 0 Å². The molecule has 0 aliphatic rings. The molecule has 0 amide bonds. The predicted octanol–water partition coefficient (Wildman–Crippen LogP) is 18.9. The Hall–Kier alpha value is -9.24. The average molecular weight is 891 g/mol. The Morgan fingerprint density at radius 2 is 0.757 bits per heavy atom. The smallest absolute Gasteiger partial charge is 0.0547 e. The van der Waals surface area contributed by atoms with Crippen molar-refractivity contribution in [3.8, 4) is 61.3 Å². The van der Waals surface area contributed by atoms with Gasteiger partial charge in [0, 0.05) is 33.4 Å². The van der Waals surface area contributed by atoms with Crippen molar-refractivity contribution in [1.29, 1.82) is 0 Å². The molecular formula is C68H46N2. The van der Waals surface area contributed by atoms with E-state index >= 15 is 0 Å². The maximum Gasteiger partial charge on any atom is 0.0547 e. The number of nitrogens with zero attached hydrogens (tertiary/aromatic N) is 2. The molecule has 2 nitrogen and oxygen atoms in total. The van der Waals surface area contributed by atoms with Crippen LogP contribution in [0.3, 0.4) is 0 Å². The Morgan fingerprint density at radius 1 is 0.257 bits per heavy atom. The van der Waals surface area contributed by atoms with Crippen LogP contribution >= 0.6 is 0 Å². The summed E-state index contributed by atoms with van der Waals surface area (Å²) in [4.78, 5) is 2.42. The first-order valence-electron chi connectivity index (χ1n) is 24.1. The Balaban J connectivity index is 0.906. The zero-order valence-corrected chi connectivity index (χ0v) is 38.5. The van der Waals surface area contributed by atoms with Crippen LogP contribution in [0.1, 0.15) is 0 Å². The number of hydrogen-bond acceptors (Lipinski definition) is 1. The second-order valence-electron chi connectivity index (χ2n) is 18.1. The summed E-state index contributed by atoms with van der Waals surface area (Å²) in [5, 5.41) is 7.59. The molecule has 0 aliphatic carbocycles. The van der Waals surface area contributed by atoms with Crippen LogP contribution in [0.25, 0.3) is 105 Å². The van der Waals surface area contributed by atoms with Gasteiger partial charge in [0.15, 0.2) is 0 Å². The molecule has 0 aliphatic heterocycles. The zero-order valence-electron chi connectivity index (χ0n) is 38.5. The van der Waals surface area contributed by atoms with Crippen molar-refractivity contribution in [2.45, 2.75) is 0 Å². The van der Waals surface area contributed by atoms with Crippen LogP contribution in [0.4, 0.5) is 17.1 Å². The number of benzene rings is 12. The van der Waals surface area contributed by atoms with Crippen molar-refractivity contribution >= 4 is 60.4 Å². The normalized spacial score (nSPS) is 11.4. The Kier molecular flexibility index (Phi) is 10.2. The lowest BCUT2D eigenvalue weighted by Crippen LogP contribution is -2.11. The Bertz CT molecular complexity index is 4030. The number of rotatable bonds is 9. The van der Waals surface area contributed by atoms with E-state index in [-0.39, 0.29) is 0 Å². The maximum atomic E-state index is 2.43. The fourth-order valence-electron chi connectivity index (χ4n) is 10.6. The molecule has 0 bridgehead atoms. The lowest BCUT2D eigenvalue weighted by atomic mass is 9.96. The van der Waals surface area contributed by atoms with Crippen LogP contribution < -0.4 is 4.90 Å². The van der Waals surface area contributed by atoms with Crippen LogP contribution in [-0.4, -0.2) is 4.57 Å². The van der Waals surface area contributed by atoms with Gasteiger partial charge in [-0.15, -0.1) is 0 Å². The van der Waals surface area contributed by atoms with E-state index in [0.29, 0.717) is 0 Å². The van der Waals surface area contributed by atoms with Gasteiger partial charge in [0.05, 0.1) is 16.7 Å². The van der Waals surface area contributed by atoms with Crippen LogP contribution in [0.5, 0.6) is 0 Å². The van der Waals surface area contributed by atoms with Crippen molar-refractivity contribution in [2.75, 3.05) is 4.90 Å². The molecule has 1 aromatic heterocycles. The summed E-state index contributed by atoms with van der Waals surface area (Å²) < 4.78 is 2.43. The summed E-state index contributed by atoms with van der Waals surface area (Å²) in [7, 11) is 0. The van der Waals surface area contributed by atoms with E-state index in [1.807, 2.05) is 0 Å². The van der Waals surface area contributed by atoms with Crippen LogP contribution in [-0.2, 0) is 0 Å². The molecule has 0 N–H and O–H groups in total. The highest BCUT2D eigenvalue weighted by molar-refractivity contribution is 6.21. The van der Waals surface area contributed by atoms with E-state index < -0.39 is 0 Å². The minimum Gasteiger partial charge on any atom is -0.310 e. The molecule has 2 heteroatoms. The molecule has 0 spiro atoms. The summed E-state index contributed by atoms with van der Waals surface area (Å²) in [6.07, 6.45) is 0. The summed E-state index contributed by atoms with van der Waals surface area (Å²) >= 11 is 0. The Labute approximate surface area is 408 Å². The molecule has 0 atom stereocenters. The predicted molar refractivity (Wildman–Crippen MR) is 298 cm³/mol. The standard InChI is InChI=1S/C68H46N2/c1-2-15-47(16-3-1)48-33-37-54(38-34-48)62-25-8-10-29-65(62)69(57-42-39-50(40-43-57)49-31-35-53(36-32-49)61-28-14-19-51-17-4-6-24-60(51)61)58-22-12-20-55(45-58)56-21-13-23-59(46-56)70-66-30-11-9-27-64(66)68-63-26-7-5-18-52(63)41-44-67(68)70/h1-46H. The van der Waals surface area contributed by atoms with Gasteiger partial charge < -0.3 is 9.47 Å². The van der Waals surface area contributed by atoms with Crippen molar-refractivity contribution < 1.29 is 0 Å². The largest absolute Gasteiger partial charge is 0.310 e. The highest BCUT2D eigenvalue weighted by Gasteiger charge is 2.20. The molecule has 13 rings (SSSR count). The molecule has 328 valence electrons. The van der Waals surface area contributed by atoms with Crippen molar-refractivity contribution in [1.82, 2.24) is 4.57 Å². The van der Waals surface area contributed by atoms with E-state index in [0.717, 1.165) is 45.0 Å². The molecular weight excluding hydrogens is 845 g/mol. The third kappa shape index (κ3) is 7.31. The average Bonchev–Trinajstić information content (AvgIpc) is 3.79. The molecule has 0 radical (unpaired) electrons. The van der Waals surface area contributed by atoms with Crippen LogP contribution in [0, 0.1) is 0 Å². The highest BCUT2D eigenvalue weighted by atomic mass is 15.1. The summed E-state index contributed by atoms with van der Waals surface area (Å²) in [5.74, 6) is 0. The van der Waals surface area contributed by atoms with Gasteiger partial charge in [0.25, 0.3) is 0 Å². The van der Waals surface area contributed by atoms with Crippen molar-refractivity contribution in [3.05, 3.63) is 279 Å². The van der Waals surface area contributed by atoms with Gasteiger partial charge >= 0.3 is 0 Å². The molecule has 1 heterocycles. The maximum absolute atomic E-state index is 2.43. The zero-order chi connectivity index (χ0) is 46.4. The SMILES string of the molecule is c1ccc(-c2ccc(-c3ccccc3N(c3ccc(-c4ccc(-c5cccc6ccccc56)cc4)cc3)c3cccc(-c4cccc(-n5c6ccccc6c6c7ccccc7ccc65)c4)c3)cc2)cc1. The summed E-state index contributed by atoms with van der Waals surface area (Å²) in [6.45, 7) is 0. The van der Waals surface area contributed by atoms with E-state index in [2.05, 4.69) is 289 Å². The van der Waals surface area contributed by atoms with Gasteiger partial charge in [-0.2, -0.15) is 0 Å². The molecule has 0 unspecified atom stereocenters. The number of hydrogen-bond donors (Lipinski definition) is 0. The molecule has 13 aromatic rings. The van der Waals surface area contributed by atoms with Gasteiger partial charge in [-0.3, -0.25) is 0 Å². The molecule has 0 saturated carbocycles. The molecule has 70 heavy (non-hydrogen) atoms. The third-order valence-electron chi connectivity index (χ3n) is 14.0. The lowest BCUT2D eigenvalue weighted by Gasteiger charge is -2.28. The quantitative estimate of drug-likeness (QED) is 0.140. The fourth-order valence-corrected chi connectivity index (χ4v) is 10.6. The van der Waals surface area contributed by atoms with Gasteiger partial charge in [-0.05, 0) is 126 Å². The van der Waals surface area contributed by atoms with Gasteiger partial charge in [0.2, 0.25) is 0 Å². The highest BCUT2D eigenvalue weighted by Crippen LogP contribution is 2.44. The topological polar surface area (TPSA) is 8.17 Å². The number of anilines is 3. The minimum atomic E-state index is 1.08. The first-order chi connectivity index (χ1) is 34.7. The van der Waals surface area contributed by atoms with E-state index in [1.54, 1.807) is 0 Å². The van der Waals surface area contributed by atoms with E-state index in [1.165, 1.54) is 76.7 Å².